The molecule has 0 radical (unpaired) electrons. The van der Waals surface area contributed by atoms with E-state index in [1.165, 1.54) is 11.1 Å². The van der Waals surface area contributed by atoms with Crippen LogP contribution in [0.5, 0.6) is 0 Å². The van der Waals surface area contributed by atoms with Gasteiger partial charge in [-0.3, -0.25) is 4.79 Å². The van der Waals surface area contributed by atoms with Gasteiger partial charge in [-0.1, -0.05) is 26.0 Å². The fourth-order valence-corrected chi connectivity index (χ4v) is 2.31. The van der Waals surface area contributed by atoms with Crippen molar-refractivity contribution in [3.63, 3.8) is 0 Å². The van der Waals surface area contributed by atoms with Gasteiger partial charge in [0.05, 0.1) is 6.42 Å². The molecule has 0 saturated carbocycles. The summed E-state index contributed by atoms with van der Waals surface area (Å²) in [6, 6.07) is 6.52. The first kappa shape index (κ1) is 12.0. The Morgan fingerprint density at radius 2 is 2.29 bits per heavy atom. The summed E-state index contributed by atoms with van der Waals surface area (Å²) < 4.78 is 0. The first-order valence-electron chi connectivity index (χ1n) is 6.17. The lowest BCUT2D eigenvalue weighted by atomic mass is 9.92. The topological polar surface area (TPSA) is 49.3 Å². The van der Waals surface area contributed by atoms with Crippen LogP contribution in [-0.2, 0) is 11.2 Å². The molecule has 3 nitrogen and oxygen atoms in total. The van der Waals surface area contributed by atoms with Gasteiger partial charge in [0.1, 0.15) is 0 Å². The van der Waals surface area contributed by atoms with Crippen molar-refractivity contribution in [2.45, 2.75) is 45.1 Å². The zero-order valence-corrected chi connectivity index (χ0v) is 10.4. The van der Waals surface area contributed by atoms with E-state index in [2.05, 4.69) is 37.4 Å². The molecular weight excluding hydrogens is 214 g/mol. The monoisotopic (exact) mass is 233 g/mol. The molecule has 0 spiro atoms. The van der Waals surface area contributed by atoms with E-state index < -0.39 is 5.97 Å². The van der Waals surface area contributed by atoms with E-state index in [0.717, 1.165) is 18.5 Å². The van der Waals surface area contributed by atoms with E-state index in [0.29, 0.717) is 5.92 Å². The molecular formula is C14H19NO2. The SMILES string of the molecule is CC(C)c1ccc2c(c1)CCC(CC(=O)O)N2. The highest BCUT2D eigenvalue weighted by atomic mass is 16.4. The van der Waals surface area contributed by atoms with E-state index in [1.54, 1.807) is 0 Å². The summed E-state index contributed by atoms with van der Waals surface area (Å²) >= 11 is 0. The Hall–Kier alpha value is -1.51. The third-order valence-electron chi connectivity index (χ3n) is 3.34. The first-order valence-corrected chi connectivity index (χ1v) is 6.17. The third kappa shape index (κ3) is 2.78. The molecule has 1 heterocycles. The molecule has 0 saturated heterocycles. The molecule has 3 heteroatoms. The summed E-state index contributed by atoms with van der Waals surface area (Å²) in [7, 11) is 0. The van der Waals surface area contributed by atoms with Crippen molar-refractivity contribution in [2.75, 3.05) is 5.32 Å². The number of hydrogen-bond donors (Lipinski definition) is 2. The summed E-state index contributed by atoms with van der Waals surface area (Å²) in [5.41, 5.74) is 3.77. The van der Waals surface area contributed by atoms with Crippen LogP contribution >= 0.6 is 0 Å². The Balaban J connectivity index is 2.14. The van der Waals surface area contributed by atoms with E-state index in [4.69, 9.17) is 5.11 Å². The number of fused-ring (bicyclic) bond motifs is 1. The molecule has 1 aliphatic rings. The molecule has 0 aromatic heterocycles. The standard InChI is InChI=1S/C14H19NO2/c1-9(2)10-4-6-13-11(7-10)3-5-12(15-13)8-14(16)17/h4,6-7,9,12,15H,3,5,8H2,1-2H3,(H,16,17). The number of carboxylic acid groups (broad SMARTS) is 1. The van der Waals surface area contributed by atoms with Crippen LogP contribution in [0.2, 0.25) is 0 Å². The third-order valence-corrected chi connectivity index (χ3v) is 3.34. The van der Waals surface area contributed by atoms with Gasteiger partial charge >= 0.3 is 5.97 Å². The average molecular weight is 233 g/mol. The molecule has 92 valence electrons. The maximum Gasteiger partial charge on any atom is 0.305 e. The highest BCUT2D eigenvalue weighted by molar-refractivity contribution is 5.69. The van der Waals surface area contributed by atoms with Crippen LogP contribution in [0.4, 0.5) is 5.69 Å². The second kappa shape index (κ2) is 4.78. The number of anilines is 1. The van der Waals surface area contributed by atoms with Crippen molar-refractivity contribution in [3.05, 3.63) is 29.3 Å². The number of rotatable bonds is 3. The predicted molar refractivity (Wildman–Crippen MR) is 68.5 cm³/mol. The van der Waals surface area contributed by atoms with Gasteiger partial charge < -0.3 is 10.4 Å². The lowest BCUT2D eigenvalue weighted by Gasteiger charge is -2.26. The van der Waals surface area contributed by atoms with E-state index in [-0.39, 0.29) is 12.5 Å². The molecule has 2 N–H and O–H groups in total. The Kier molecular flexibility index (Phi) is 3.36. The van der Waals surface area contributed by atoms with Crippen LogP contribution < -0.4 is 5.32 Å². The number of carboxylic acids is 1. The maximum absolute atomic E-state index is 10.7. The van der Waals surface area contributed by atoms with Crippen LogP contribution in [0.1, 0.15) is 43.7 Å². The molecule has 0 aliphatic carbocycles. The molecule has 1 aromatic carbocycles. The van der Waals surface area contributed by atoms with Crippen molar-refractivity contribution in [1.82, 2.24) is 0 Å². The van der Waals surface area contributed by atoms with E-state index in [1.807, 2.05) is 0 Å². The smallest absolute Gasteiger partial charge is 0.305 e. The number of hydrogen-bond acceptors (Lipinski definition) is 2. The zero-order valence-electron chi connectivity index (χ0n) is 10.4. The second-order valence-corrected chi connectivity index (χ2v) is 5.05. The van der Waals surface area contributed by atoms with Gasteiger partial charge in [0, 0.05) is 11.7 Å². The fraction of sp³-hybridized carbons (Fsp3) is 0.500. The van der Waals surface area contributed by atoms with Gasteiger partial charge in [-0.05, 0) is 36.0 Å². The Bertz CT molecular complexity index is 426. The van der Waals surface area contributed by atoms with Crippen molar-refractivity contribution >= 4 is 11.7 Å². The van der Waals surface area contributed by atoms with Gasteiger partial charge in [0.2, 0.25) is 0 Å². The van der Waals surface area contributed by atoms with Gasteiger partial charge in [-0.25, -0.2) is 0 Å². The number of aryl methyl sites for hydroxylation is 1. The summed E-state index contributed by atoms with van der Waals surface area (Å²) in [6.07, 6.45) is 2.08. The molecule has 0 fully saturated rings. The predicted octanol–water partition coefficient (Wildman–Crippen LogP) is 3.01. The van der Waals surface area contributed by atoms with E-state index in [9.17, 15) is 4.79 Å². The Morgan fingerprint density at radius 1 is 1.53 bits per heavy atom. The zero-order chi connectivity index (χ0) is 12.4. The molecule has 2 rings (SSSR count). The van der Waals surface area contributed by atoms with Crippen molar-refractivity contribution in [2.24, 2.45) is 0 Å². The molecule has 1 unspecified atom stereocenters. The van der Waals surface area contributed by atoms with Crippen molar-refractivity contribution < 1.29 is 9.90 Å². The van der Waals surface area contributed by atoms with Gasteiger partial charge in [0.25, 0.3) is 0 Å². The van der Waals surface area contributed by atoms with Crippen molar-refractivity contribution in [1.29, 1.82) is 0 Å². The van der Waals surface area contributed by atoms with Crippen molar-refractivity contribution in [3.8, 4) is 0 Å². The fourth-order valence-electron chi connectivity index (χ4n) is 2.31. The van der Waals surface area contributed by atoms with Gasteiger partial charge in [-0.15, -0.1) is 0 Å². The maximum atomic E-state index is 10.7. The van der Waals surface area contributed by atoms with Crippen LogP contribution in [0.25, 0.3) is 0 Å². The second-order valence-electron chi connectivity index (χ2n) is 5.05. The molecule has 1 aromatic rings. The van der Waals surface area contributed by atoms with E-state index >= 15 is 0 Å². The summed E-state index contributed by atoms with van der Waals surface area (Å²) in [5.74, 6) is -0.193. The number of nitrogens with one attached hydrogen (secondary N) is 1. The summed E-state index contributed by atoms with van der Waals surface area (Å²) in [4.78, 5) is 10.7. The van der Waals surface area contributed by atoms with Gasteiger partial charge in [0.15, 0.2) is 0 Å². The number of carbonyl (C=O) groups is 1. The lowest BCUT2D eigenvalue weighted by Crippen LogP contribution is -2.28. The largest absolute Gasteiger partial charge is 0.481 e. The first-order chi connectivity index (χ1) is 8.06. The quantitative estimate of drug-likeness (QED) is 0.843. The minimum absolute atomic E-state index is 0.0740. The molecule has 17 heavy (non-hydrogen) atoms. The average Bonchev–Trinajstić information content (AvgIpc) is 2.27. The van der Waals surface area contributed by atoms with Crippen LogP contribution in [0.15, 0.2) is 18.2 Å². The lowest BCUT2D eigenvalue weighted by molar-refractivity contribution is -0.137. The van der Waals surface area contributed by atoms with Crippen LogP contribution in [0.3, 0.4) is 0 Å². The normalized spacial score (nSPS) is 18.6. The highest BCUT2D eigenvalue weighted by Crippen LogP contribution is 2.29. The molecule has 1 aliphatic heterocycles. The number of aliphatic carboxylic acids is 1. The van der Waals surface area contributed by atoms with Crippen LogP contribution in [0, 0.1) is 0 Å². The molecule has 0 amide bonds. The minimum atomic E-state index is -0.732. The Labute approximate surface area is 102 Å². The molecule has 1 atom stereocenters. The number of benzene rings is 1. The molecule has 0 bridgehead atoms. The minimum Gasteiger partial charge on any atom is -0.481 e. The summed E-state index contributed by atoms with van der Waals surface area (Å²) in [6.45, 7) is 4.37. The highest BCUT2D eigenvalue weighted by Gasteiger charge is 2.20. The van der Waals surface area contributed by atoms with Gasteiger partial charge in [-0.2, -0.15) is 0 Å². The Morgan fingerprint density at radius 3 is 2.94 bits per heavy atom. The summed E-state index contributed by atoms with van der Waals surface area (Å²) in [5, 5.41) is 12.1. The van der Waals surface area contributed by atoms with Crippen LogP contribution in [-0.4, -0.2) is 17.1 Å².